The Morgan fingerprint density at radius 1 is 1.14 bits per heavy atom. The van der Waals surface area contributed by atoms with Crippen molar-refractivity contribution in [1.82, 2.24) is 9.97 Å². The van der Waals surface area contributed by atoms with Crippen LogP contribution in [0.4, 0.5) is 5.95 Å². The van der Waals surface area contributed by atoms with E-state index in [0.29, 0.717) is 17.0 Å². The summed E-state index contributed by atoms with van der Waals surface area (Å²) in [5.41, 5.74) is 1.41. The summed E-state index contributed by atoms with van der Waals surface area (Å²) in [5.74, 6) is 2.21. The lowest BCUT2D eigenvalue weighted by Gasteiger charge is -2.35. The molecule has 112 valence electrons. The Hall–Kier alpha value is -0.870. The first-order chi connectivity index (χ1) is 10.1. The second-order valence-corrected chi connectivity index (χ2v) is 8.14. The third kappa shape index (κ3) is 2.33. The van der Waals surface area contributed by atoms with E-state index in [1.165, 1.54) is 29.7 Å². The molecule has 1 aliphatic carbocycles. The predicted octanol–water partition coefficient (Wildman–Crippen LogP) is 4.32. The molecule has 1 fully saturated rings. The maximum atomic E-state index is 6.51. The summed E-state index contributed by atoms with van der Waals surface area (Å²) in [6, 6.07) is 0. The molecule has 2 atom stereocenters. The molecule has 2 unspecified atom stereocenters. The Morgan fingerprint density at radius 2 is 1.90 bits per heavy atom. The molecule has 0 amide bonds. The molecule has 2 aliphatic rings. The van der Waals surface area contributed by atoms with Gasteiger partial charge in [-0.2, -0.15) is 0 Å². The van der Waals surface area contributed by atoms with Crippen LogP contribution in [-0.2, 0) is 12.8 Å². The van der Waals surface area contributed by atoms with E-state index >= 15 is 0 Å². The summed E-state index contributed by atoms with van der Waals surface area (Å²) in [5, 5.41) is 1.77. The lowest BCUT2D eigenvalue weighted by molar-refractivity contribution is 0.354. The average molecular weight is 322 g/mol. The van der Waals surface area contributed by atoms with Gasteiger partial charge in [0.2, 0.25) is 5.95 Å². The van der Waals surface area contributed by atoms with Crippen molar-refractivity contribution in [1.29, 1.82) is 0 Å². The highest BCUT2D eigenvalue weighted by Gasteiger charge is 2.26. The number of rotatable bonds is 1. The highest BCUT2D eigenvalue weighted by atomic mass is 35.5. The van der Waals surface area contributed by atoms with Gasteiger partial charge in [0.25, 0.3) is 0 Å². The van der Waals surface area contributed by atoms with Gasteiger partial charge in [-0.3, -0.25) is 0 Å². The van der Waals surface area contributed by atoms with Crippen LogP contribution in [0.25, 0.3) is 10.2 Å². The molecule has 3 nitrogen and oxygen atoms in total. The summed E-state index contributed by atoms with van der Waals surface area (Å²) >= 11 is 8.33. The molecule has 2 aromatic heterocycles. The molecule has 0 spiro atoms. The predicted molar refractivity (Wildman–Crippen MR) is 89.6 cm³/mol. The first-order valence-electron chi connectivity index (χ1n) is 7.84. The van der Waals surface area contributed by atoms with Gasteiger partial charge in [-0.05, 0) is 43.1 Å². The maximum absolute atomic E-state index is 6.51. The van der Waals surface area contributed by atoms with E-state index in [2.05, 4.69) is 23.7 Å². The minimum atomic E-state index is 0.653. The Kier molecular flexibility index (Phi) is 3.34. The number of thiophene rings is 1. The van der Waals surface area contributed by atoms with Crippen molar-refractivity contribution >= 4 is 39.1 Å². The van der Waals surface area contributed by atoms with Gasteiger partial charge in [0.05, 0.1) is 5.39 Å². The van der Waals surface area contributed by atoms with Gasteiger partial charge in [0.15, 0.2) is 0 Å². The summed E-state index contributed by atoms with van der Waals surface area (Å²) < 4.78 is 0. The Labute approximate surface area is 134 Å². The molecule has 1 aliphatic heterocycles. The van der Waals surface area contributed by atoms with Gasteiger partial charge < -0.3 is 4.90 Å². The molecule has 0 radical (unpaired) electrons. The molecule has 2 aromatic rings. The monoisotopic (exact) mass is 321 g/mol. The van der Waals surface area contributed by atoms with Crippen LogP contribution in [0.1, 0.15) is 37.1 Å². The van der Waals surface area contributed by atoms with E-state index in [1.807, 2.05) is 11.3 Å². The summed E-state index contributed by atoms with van der Waals surface area (Å²) in [6.45, 7) is 6.69. The number of piperidine rings is 1. The first-order valence-corrected chi connectivity index (χ1v) is 9.04. The molecular formula is C16H20ClN3S. The fraction of sp³-hybridized carbons (Fsp3) is 0.625. The number of fused-ring (bicyclic) bond motifs is 3. The third-order valence-corrected chi connectivity index (χ3v) is 6.12. The fourth-order valence-corrected chi connectivity index (χ4v) is 5.50. The van der Waals surface area contributed by atoms with E-state index in [9.17, 15) is 0 Å². The van der Waals surface area contributed by atoms with Crippen molar-refractivity contribution in [2.45, 2.75) is 39.5 Å². The molecular weight excluding hydrogens is 302 g/mol. The number of hydrogen-bond donors (Lipinski definition) is 0. The van der Waals surface area contributed by atoms with Gasteiger partial charge in [-0.25, -0.2) is 9.97 Å². The molecule has 0 bridgehead atoms. The lowest BCUT2D eigenvalue weighted by Crippen LogP contribution is -2.39. The summed E-state index contributed by atoms with van der Waals surface area (Å²) in [6.07, 6.45) is 4.85. The highest BCUT2D eigenvalue weighted by molar-refractivity contribution is 7.19. The standard InChI is InChI=1S/C16H20ClN3S/c1-9-6-10(2)8-20(7-9)16-18-14(17)13-11-4-3-5-12(11)21-15(13)19-16/h9-10H,3-8H2,1-2H3. The van der Waals surface area contributed by atoms with Crippen LogP contribution in [-0.4, -0.2) is 23.1 Å². The van der Waals surface area contributed by atoms with Crippen molar-refractivity contribution in [3.63, 3.8) is 0 Å². The van der Waals surface area contributed by atoms with Crippen LogP contribution < -0.4 is 4.90 Å². The van der Waals surface area contributed by atoms with Crippen molar-refractivity contribution in [2.75, 3.05) is 18.0 Å². The van der Waals surface area contributed by atoms with Crippen molar-refractivity contribution in [3.8, 4) is 0 Å². The van der Waals surface area contributed by atoms with E-state index in [1.54, 1.807) is 0 Å². The van der Waals surface area contributed by atoms with Gasteiger partial charge in [-0.1, -0.05) is 25.4 Å². The van der Waals surface area contributed by atoms with Crippen molar-refractivity contribution in [3.05, 3.63) is 15.6 Å². The zero-order valence-electron chi connectivity index (χ0n) is 12.5. The molecule has 5 heteroatoms. The number of aromatic nitrogens is 2. The van der Waals surface area contributed by atoms with Crippen LogP contribution in [0.3, 0.4) is 0 Å². The van der Waals surface area contributed by atoms with Gasteiger partial charge >= 0.3 is 0 Å². The van der Waals surface area contributed by atoms with E-state index in [-0.39, 0.29) is 0 Å². The average Bonchev–Trinajstić information content (AvgIpc) is 2.96. The number of hydrogen-bond acceptors (Lipinski definition) is 4. The molecule has 0 aromatic carbocycles. The molecule has 21 heavy (non-hydrogen) atoms. The number of halogens is 1. The zero-order valence-corrected chi connectivity index (χ0v) is 14.1. The van der Waals surface area contributed by atoms with E-state index < -0.39 is 0 Å². The smallest absolute Gasteiger partial charge is 0.228 e. The minimum Gasteiger partial charge on any atom is -0.340 e. The SMILES string of the molecule is CC1CC(C)CN(c2nc(Cl)c3c4c(sc3n2)CCC4)C1. The Balaban J connectivity index is 1.77. The normalized spacial score (nSPS) is 25.6. The quantitative estimate of drug-likeness (QED) is 0.733. The van der Waals surface area contributed by atoms with Crippen LogP contribution in [0.2, 0.25) is 5.15 Å². The summed E-state index contributed by atoms with van der Waals surface area (Å²) in [7, 11) is 0. The molecule has 3 heterocycles. The van der Waals surface area contributed by atoms with Gasteiger partial charge in [-0.15, -0.1) is 11.3 Å². The second-order valence-electron chi connectivity index (χ2n) is 6.70. The molecule has 0 N–H and O–H groups in total. The Morgan fingerprint density at radius 3 is 2.67 bits per heavy atom. The lowest BCUT2D eigenvalue weighted by atomic mass is 9.92. The van der Waals surface area contributed by atoms with E-state index in [0.717, 1.165) is 35.7 Å². The zero-order chi connectivity index (χ0) is 14.6. The summed E-state index contributed by atoms with van der Waals surface area (Å²) in [4.78, 5) is 14.3. The molecule has 4 rings (SSSR count). The third-order valence-electron chi connectivity index (χ3n) is 4.66. The number of anilines is 1. The fourth-order valence-electron chi connectivity index (χ4n) is 3.91. The first kappa shape index (κ1) is 13.8. The molecule has 1 saturated heterocycles. The largest absolute Gasteiger partial charge is 0.340 e. The van der Waals surface area contributed by atoms with Gasteiger partial charge in [0.1, 0.15) is 9.98 Å². The van der Waals surface area contributed by atoms with Crippen LogP contribution >= 0.6 is 22.9 Å². The van der Waals surface area contributed by atoms with Crippen LogP contribution in [0, 0.1) is 11.8 Å². The molecule has 0 saturated carbocycles. The topological polar surface area (TPSA) is 29.0 Å². The maximum Gasteiger partial charge on any atom is 0.228 e. The van der Waals surface area contributed by atoms with Crippen LogP contribution in [0.5, 0.6) is 0 Å². The van der Waals surface area contributed by atoms with Crippen molar-refractivity contribution < 1.29 is 0 Å². The second kappa shape index (κ2) is 5.10. The van der Waals surface area contributed by atoms with E-state index in [4.69, 9.17) is 16.6 Å². The van der Waals surface area contributed by atoms with Gasteiger partial charge in [0, 0.05) is 18.0 Å². The minimum absolute atomic E-state index is 0.653. The van der Waals surface area contributed by atoms with Crippen LogP contribution in [0.15, 0.2) is 0 Å². The van der Waals surface area contributed by atoms with Crippen molar-refractivity contribution in [2.24, 2.45) is 11.8 Å². The Bertz CT molecular complexity index is 686. The highest BCUT2D eigenvalue weighted by Crippen LogP contribution is 2.40. The number of aryl methyl sites for hydroxylation is 2. The number of nitrogens with zero attached hydrogens (tertiary/aromatic N) is 3.